The van der Waals surface area contributed by atoms with Crippen molar-refractivity contribution >= 4 is 12.0 Å². The molecule has 0 spiro atoms. The number of hydrogen-bond donors (Lipinski definition) is 2. The van der Waals surface area contributed by atoms with Crippen molar-refractivity contribution in [2.24, 2.45) is 11.3 Å². The molecule has 0 saturated heterocycles. The first-order valence-corrected chi connectivity index (χ1v) is 6.37. The maximum absolute atomic E-state index is 11.8. The van der Waals surface area contributed by atoms with Crippen molar-refractivity contribution in [1.29, 1.82) is 0 Å². The average Bonchev–Trinajstić information content (AvgIpc) is 2.25. The highest BCUT2D eigenvalue weighted by Gasteiger charge is 2.23. The van der Waals surface area contributed by atoms with Gasteiger partial charge < -0.3 is 15.3 Å². The van der Waals surface area contributed by atoms with Gasteiger partial charge in [-0.25, -0.2) is 4.79 Å². The minimum absolute atomic E-state index is 0.0531. The van der Waals surface area contributed by atoms with E-state index in [0.717, 1.165) is 0 Å². The number of amides is 2. The van der Waals surface area contributed by atoms with Gasteiger partial charge in [0, 0.05) is 26.6 Å². The maximum atomic E-state index is 11.8. The van der Waals surface area contributed by atoms with Crippen LogP contribution in [0.15, 0.2) is 0 Å². The highest BCUT2D eigenvalue weighted by Crippen LogP contribution is 2.24. The summed E-state index contributed by atoms with van der Waals surface area (Å²) in [6, 6.07) is -0.144. The van der Waals surface area contributed by atoms with E-state index < -0.39 is 5.97 Å². The molecule has 0 aliphatic carbocycles. The SMILES string of the molecule is CC(C)C(C)(C)CNC(=O)N(C)CCCC(=O)O. The molecule has 0 saturated carbocycles. The Hall–Kier alpha value is -1.26. The first kappa shape index (κ1) is 16.7. The predicted molar refractivity (Wildman–Crippen MR) is 71.5 cm³/mol. The number of hydrogen-bond acceptors (Lipinski definition) is 2. The van der Waals surface area contributed by atoms with E-state index in [4.69, 9.17) is 5.11 Å². The molecule has 0 aliphatic heterocycles. The number of carbonyl (C=O) groups is 2. The van der Waals surface area contributed by atoms with Crippen LogP contribution in [0.1, 0.15) is 40.5 Å². The fraction of sp³-hybridized carbons (Fsp3) is 0.846. The van der Waals surface area contributed by atoms with Gasteiger partial charge in [-0.3, -0.25) is 4.79 Å². The van der Waals surface area contributed by atoms with Gasteiger partial charge in [-0.05, 0) is 17.8 Å². The van der Waals surface area contributed by atoms with E-state index >= 15 is 0 Å². The lowest BCUT2D eigenvalue weighted by molar-refractivity contribution is -0.137. The molecule has 0 fully saturated rings. The third kappa shape index (κ3) is 6.47. The summed E-state index contributed by atoms with van der Waals surface area (Å²) in [7, 11) is 1.68. The summed E-state index contributed by atoms with van der Waals surface area (Å²) >= 11 is 0. The zero-order chi connectivity index (χ0) is 14.3. The summed E-state index contributed by atoms with van der Waals surface area (Å²) < 4.78 is 0. The first-order chi connectivity index (χ1) is 8.16. The number of carboxylic acids is 1. The van der Waals surface area contributed by atoms with Crippen LogP contribution in [0.2, 0.25) is 0 Å². The molecule has 0 atom stereocenters. The van der Waals surface area contributed by atoms with E-state index in [1.807, 2.05) is 0 Å². The zero-order valence-electron chi connectivity index (χ0n) is 12.1. The Balaban J connectivity index is 3.98. The van der Waals surface area contributed by atoms with Gasteiger partial charge in [0.25, 0.3) is 0 Å². The fourth-order valence-electron chi connectivity index (χ4n) is 1.21. The van der Waals surface area contributed by atoms with Crippen molar-refractivity contribution in [2.45, 2.75) is 40.5 Å². The quantitative estimate of drug-likeness (QED) is 0.735. The van der Waals surface area contributed by atoms with Crippen molar-refractivity contribution in [2.75, 3.05) is 20.1 Å². The number of nitrogens with zero attached hydrogens (tertiary/aromatic N) is 1. The van der Waals surface area contributed by atoms with Crippen LogP contribution in [0.25, 0.3) is 0 Å². The third-order valence-corrected chi connectivity index (χ3v) is 3.49. The number of carbonyl (C=O) groups excluding carboxylic acids is 1. The lowest BCUT2D eigenvalue weighted by Gasteiger charge is -2.30. The third-order valence-electron chi connectivity index (χ3n) is 3.49. The van der Waals surface area contributed by atoms with Crippen molar-refractivity contribution in [1.82, 2.24) is 10.2 Å². The van der Waals surface area contributed by atoms with Gasteiger partial charge >= 0.3 is 12.0 Å². The van der Waals surface area contributed by atoms with Crippen LogP contribution in [0, 0.1) is 11.3 Å². The molecule has 0 rings (SSSR count). The summed E-state index contributed by atoms with van der Waals surface area (Å²) in [6.45, 7) is 9.56. The Labute approximate surface area is 110 Å². The van der Waals surface area contributed by atoms with Gasteiger partial charge in [-0.1, -0.05) is 27.7 Å². The zero-order valence-corrected chi connectivity index (χ0v) is 12.1. The molecular formula is C13H26N2O3. The van der Waals surface area contributed by atoms with Crippen LogP contribution in [-0.2, 0) is 4.79 Å². The molecule has 0 radical (unpaired) electrons. The summed E-state index contributed by atoms with van der Waals surface area (Å²) in [5.41, 5.74) is 0.0531. The number of rotatable bonds is 7. The molecule has 5 heteroatoms. The molecule has 0 aromatic rings. The number of nitrogens with one attached hydrogen (secondary N) is 1. The van der Waals surface area contributed by atoms with Crippen molar-refractivity contribution in [3.05, 3.63) is 0 Å². The molecule has 5 nitrogen and oxygen atoms in total. The molecule has 2 N–H and O–H groups in total. The highest BCUT2D eigenvalue weighted by molar-refractivity contribution is 5.74. The van der Waals surface area contributed by atoms with Crippen LogP contribution >= 0.6 is 0 Å². The van der Waals surface area contributed by atoms with E-state index in [0.29, 0.717) is 25.4 Å². The smallest absolute Gasteiger partial charge is 0.317 e. The second kappa shape index (κ2) is 7.24. The topological polar surface area (TPSA) is 69.6 Å². The first-order valence-electron chi connectivity index (χ1n) is 6.37. The summed E-state index contributed by atoms with van der Waals surface area (Å²) in [5, 5.41) is 11.4. The monoisotopic (exact) mass is 258 g/mol. The number of urea groups is 1. The van der Waals surface area contributed by atoms with E-state index in [9.17, 15) is 9.59 Å². The number of carboxylic acid groups (broad SMARTS) is 1. The molecule has 0 aliphatic rings. The van der Waals surface area contributed by atoms with Crippen LogP contribution in [0.4, 0.5) is 4.79 Å². The van der Waals surface area contributed by atoms with Crippen LogP contribution in [0.3, 0.4) is 0 Å². The normalized spacial score (nSPS) is 11.4. The summed E-state index contributed by atoms with van der Waals surface area (Å²) in [6.07, 6.45) is 0.571. The Morgan fingerprint density at radius 3 is 2.33 bits per heavy atom. The lowest BCUT2D eigenvalue weighted by atomic mass is 9.81. The van der Waals surface area contributed by atoms with Crippen LogP contribution in [0.5, 0.6) is 0 Å². The Morgan fingerprint density at radius 2 is 1.89 bits per heavy atom. The maximum Gasteiger partial charge on any atom is 0.317 e. The molecule has 18 heavy (non-hydrogen) atoms. The Kier molecular flexibility index (Phi) is 6.73. The molecular weight excluding hydrogens is 232 g/mol. The predicted octanol–water partition coefficient (Wildman–Crippen LogP) is 2.17. The van der Waals surface area contributed by atoms with Crippen molar-refractivity contribution in [3.8, 4) is 0 Å². The van der Waals surface area contributed by atoms with Crippen LogP contribution < -0.4 is 5.32 Å². The van der Waals surface area contributed by atoms with Crippen LogP contribution in [-0.4, -0.2) is 42.1 Å². The standard InChI is InChI=1S/C13H26N2O3/c1-10(2)13(3,4)9-14-12(18)15(5)8-6-7-11(16)17/h10H,6-9H2,1-5H3,(H,14,18)(H,16,17). The average molecular weight is 258 g/mol. The van der Waals surface area contributed by atoms with Gasteiger partial charge in [0.05, 0.1) is 0 Å². The van der Waals surface area contributed by atoms with Gasteiger partial charge in [0.1, 0.15) is 0 Å². The molecule has 0 bridgehead atoms. The second-order valence-electron chi connectivity index (χ2n) is 5.72. The Bertz CT molecular complexity index is 288. The lowest BCUT2D eigenvalue weighted by Crippen LogP contribution is -2.43. The van der Waals surface area contributed by atoms with E-state index in [-0.39, 0.29) is 17.9 Å². The van der Waals surface area contributed by atoms with Crippen molar-refractivity contribution in [3.63, 3.8) is 0 Å². The molecule has 0 aromatic heterocycles. The number of aliphatic carboxylic acids is 1. The highest BCUT2D eigenvalue weighted by atomic mass is 16.4. The van der Waals surface area contributed by atoms with Gasteiger partial charge in [0.2, 0.25) is 0 Å². The van der Waals surface area contributed by atoms with Crippen molar-refractivity contribution < 1.29 is 14.7 Å². The van der Waals surface area contributed by atoms with E-state index in [1.165, 1.54) is 4.90 Å². The molecule has 106 valence electrons. The van der Waals surface area contributed by atoms with Gasteiger partial charge in [0.15, 0.2) is 0 Å². The minimum Gasteiger partial charge on any atom is -0.481 e. The van der Waals surface area contributed by atoms with E-state index in [1.54, 1.807) is 7.05 Å². The molecule has 0 aromatic carbocycles. The summed E-state index contributed by atoms with van der Waals surface area (Å²) in [5.74, 6) is -0.347. The van der Waals surface area contributed by atoms with Gasteiger partial charge in [-0.15, -0.1) is 0 Å². The minimum atomic E-state index is -0.829. The largest absolute Gasteiger partial charge is 0.481 e. The summed E-state index contributed by atoms with van der Waals surface area (Å²) in [4.78, 5) is 23.6. The fourth-order valence-corrected chi connectivity index (χ4v) is 1.21. The molecule has 0 unspecified atom stereocenters. The second-order valence-corrected chi connectivity index (χ2v) is 5.72. The molecule has 0 heterocycles. The molecule has 2 amide bonds. The van der Waals surface area contributed by atoms with Gasteiger partial charge in [-0.2, -0.15) is 0 Å². The Morgan fingerprint density at radius 1 is 1.33 bits per heavy atom. The van der Waals surface area contributed by atoms with E-state index in [2.05, 4.69) is 33.0 Å².